The molecule has 3 rings (SSSR count). The lowest BCUT2D eigenvalue weighted by atomic mass is 9.91. The summed E-state index contributed by atoms with van der Waals surface area (Å²) in [5, 5.41) is 9.88. The summed E-state index contributed by atoms with van der Waals surface area (Å²) in [5.41, 5.74) is 5.59. The maximum Gasteiger partial charge on any atom is 0.411 e. The molecule has 0 aromatic heterocycles. The molecule has 8 heteroatoms. The molecule has 2 amide bonds. The lowest BCUT2D eigenvalue weighted by Crippen LogP contribution is -2.51. The van der Waals surface area contributed by atoms with Gasteiger partial charge in [-0.15, -0.1) is 0 Å². The highest BCUT2D eigenvalue weighted by Gasteiger charge is 2.43. The fourth-order valence-electron chi connectivity index (χ4n) is 3.41. The number of ether oxygens (including phenoxy) is 2. The summed E-state index contributed by atoms with van der Waals surface area (Å²) in [6.45, 7) is 5.04. The number of aliphatic carboxylic acids is 1. The molecular weight excluding hydrogens is 388 g/mol. The average Bonchev–Trinajstić information content (AvgIpc) is 2.65. The number of hydrogen-bond donors (Lipinski definition) is 2. The van der Waals surface area contributed by atoms with E-state index in [0.29, 0.717) is 22.6 Å². The third kappa shape index (κ3) is 4.37. The van der Waals surface area contributed by atoms with Crippen LogP contribution in [0.2, 0.25) is 0 Å². The van der Waals surface area contributed by atoms with Crippen LogP contribution < -0.4 is 10.5 Å². The highest BCUT2D eigenvalue weighted by molar-refractivity contribution is 5.87. The lowest BCUT2D eigenvalue weighted by molar-refractivity contribution is -0.146. The van der Waals surface area contributed by atoms with Crippen molar-refractivity contribution in [2.24, 2.45) is 5.73 Å². The first kappa shape index (κ1) is 21.2. The second-order valence-corrected chi connectivity index (χ2v) is 7.99. The largest absolute Gasteiger partial charge is 0.480 e. The molecule has 8 nitrogen and oxygen atoms in total. The van der Waals surface area contributed by atoms with Crippen LogP contribution in [-0.2, 0) is 14.3 Å². The molecule has 0 unspecified atom stereocenters. The first-order chi connectivity index (χ1) is 14.1. The normalized spacial score (nSPS) is 14.0. The van der Waals surface area contributed by atoms with Crippen molar-refractivity contribution in [3.05, 3.63) is 59.7 Å². The number of carboxylic acid groups (broad SMARTS) is 1. The summed E-state index contributed by atoms with van der Waals surface area (Å²) >= 11 is 0. The first-order valence-corrected chi connectivity index (χ1v) is 9.46. The molecule has 158 valence electrons. The van der Waals surface area contributed by atoms with Crippen molar-refractivity contribution < 1.29 is 29.0 Å². The van der Waals surface area contributed by atoms with Gasteiger partial charge in [0, 0.05) is 11.1 Å². The molecule has 3 N–H and O–H groups in total. The van der Waals surface area contributed by atoms with Crippen LogP contribution in [-0.4, -0.2) is 39.6 Å². The second kappa shape index (κ2) is 8.06. The van der Waals surface area contributed by atoms with E-state index >= 15 is 0 Å². The number of primary amides is 1. The predicted octanol–water partition coefficient (Wildman–Crippen LogP) is 3.45. The number of carbonyl (C=O) groups excluding carboxylic acids is 2. The van der Waals surface area contributed by atoms with Gasteiger partial charge in [0.15, 0.2) is 0 Å². The fourth-order valence-corrected chi connectivity index (χ4v) is 3.41. The summed E-state index contributed by atoms with van der Waals surface area (Å²) in [7, 11) is 0. The Kier molecular flexibility index (Phi) is 5.69. The molecule has 0 saturated carbocycles. The highest BCUT2D eigenvalue weighted by Crippen LogP contribution is 2.46. The van der Waals surface area contributed by atoms with Gasteiger partial charge in [0.05, 0.1) is 12.5 Å². The number of carbonyl (C=O) groups is 3. The van der Waals surface area contributed by atoms with Crippen LogP contribution in [0.3, 0.4) is 0 Å². The first-order valence-electron chi connectivity index (χ1n) is 9.46. The minimum absolute atomic E-state index is 0.484. The summed E-state index contributed by atoms with van der Waals surface area (Å²) in [6, 6.07) is 11.7. The van der Waals surface area contributed by atoms with Gasteiger partial charge in [0.25, 0.3) is 0 Å². The topological polar surface area (TPSA) is 119 Å². The van der Waals surface area contributed by atoms with Crippen LogP contribution in [0.4, 0.5) is 4.79 Å². The molecule has 0 spiro atoms. The van der Waals surface area contributed by atoms with Crippen molar-refractivity contribution in [1.29, 1.82) is 0 Å². The number of para-hydroxylation sites is 2. The number of nitrogens with two attached hydrogens (primary N) is 1. The van der Waals surface area contributed by atoms with Crippen LogP contribution in [0.1, 0.15) is 44.4 Å². The van der Waals surface area contributed by atoms with Crippen molar-refractivity contribution in [2.75, 3.05) is 0 Å². The van der Waals surface area contributed by atoms with Crippen molar-refractivity contribution in [3.63, 3.8) is 0 Å². The van der Waals surface area contributed by atoms with Crippen molar-refractivity contribution >= 4 is 18.0 Å². The Hall–Kier alpha value is -3.55. The number of fused-ring (bicyclic) bond motifs is 2. The minimum atomic E-state index is -1.53. The van der Waals surface area contributed by atoms with E-state index in [4.69, 9.17) is 15.2 Å². The Morgan fingerprint density at radius 1 is 1.07 bits per heavy atom. The number of hydrogen-bond acceptors (Lipinski definition) is 5. The van der Waals surface area contributed by atoms with E-state index in [0.717, 1.165) is 4.90 Å². The van der Waals surface area contributed by atoms with Crippen LogP contribution in [0.5, 0.6) is 11.5 Å². The van der Waals surface area contributed by atoms with Gasteiger partial charge in [-0.1, -0.05) is 36.4 Å². The zero-order chi connectivity index (χ0) is 22.1. The molecule has 0 aliphatic carbocycles. The Labute approximate surface area is 174 Å². The van der Waals surface area contributed by atoms with Gasteiger partial charge in [0.2, 0.25) is 5.91 Å². The van der Waals surface area contributed by atoms with Crippen LogP contribution in [0.25, 0.3) is 0 Å². The van der Waals surface area contributed by atoms with E-state index < -0.39 is 42.1 Å². The summed E-state index contributed by atoms with van der Waals surface area (Å²) < 4.78 is 11.5. The Balaban J connectivity index is 2.21. The van der Waals surface area contributed by atoms with Gasteiger partial charge >= 0.3 is 12.1 Å². The van der Waals surface area contributed by atoms with Crippen LogP contribution in [0, 0.1) is 0 Å². The number of rotatable bonds is 5. The molecule has 30 heavy (non-hydrogen) atoms. The molecule has 2 aromatic rings. The molecule has 1 heterocycles. The number of amides is 2. The van der Waals surface area contributed by atoms with Crippen LogP contribution in [0.15, 0.2) is 48.5 Å². The lowest BCUT2D eigenvalue weighted by Gasteiger charge is -2.40. The summed E-state index contributed by atoms with van der Waals surface area (Å²) in [5.74, 6) is -1.23. The monoisotopic (exact) mass is 412 g/mol. The van der Waals surface area contributed by atoms with Gasteiger partial charge in [0.1, 0.15) is 23.1 Å². The van der Waals surface area contributed by atoms with E-state index in [1.54, 1.807) is 69.3 Å². The van der Waals surface area contributed by atoms with E-state index in [1.807, 2.05) is 0 Å². The Morgan fingerprint density at radius 3 is 2.00 bits per heavy atom. The molecule has 0 bridgehead atoms. The second-order valence-electron chi connectivity index (χ2n) is 7.99. The Morgan fingerprint density at radius 2 is 1.57 bits per heavy atom. The summed E-state index contributed by atoms with van der Waals surface area (Å²) in [4.78, 5) is 38.1. The standard InChI is InChI=1S/C22H24N2O6/c1-22(2,3)30-21(28)24(15(20(26)27)12-18(23)25)19-13-8-4-6-10-16(13)29-17-11-7-5-9-14(17)19/h4-11,15,19H,12H2,1-3H3,(H2,23,25)(H,26,27)/t15-/m0/s1. The van der Waals surface area contributed by atoms with E-state index in [9.17, 15) is 19.5 Å². The van der Waals surface area contributed by atoms with Gasteiger partial charge < -0.3 is 20.3 Å². The number of carboxylic acids is 1. The van der Waals surface area contributed by atoms with E-state index in [-0.39, 0.29) is 0 Å². The highest BCUT2D eigenvalue weighted by atomic mass is 16.6. The van der Waals surface area contributed by atoms with Crippen molar-refractivity contribution in [1.82, 2.24) is 4.90 Å². The maximum atomic E-state index is 13.3. The quantitative estimate of drug-likeness (QED) is 0.776. The van der Waals surface area contributed by atoms with Gasteiger partial charge in [-0.05, 0) is 32.9 Å². The van der Waals surface area contributed by atoms with E-state index in [1.165, 1.54) is 0 Å². The molecule has 0 radical (unpaired) electrons. The van der Waals surface area contributed by atoms with Gasteiger partial charge in [-0.2, -0.15) is 0 Å². The number of nitrogens with zero attached hydrogens (tertiary/aromatic N) is 1. The summed E-state index contributed by atoms with van der Waals surface area (Å²) in [6.07, 6.45) is -1.43. The zero-order valence-electron chi connectivity index (χ0n) is 17.0. The third-order valence-corrected chi connectivity index (χ3v) is 4.54. The Bertz CT molecular complexity index is 936. The molecule has 1 aliphatic rings. The van der Waals surface area contributed by atoms with E-state index in [2.05, 4.69) is 0 Å². The van der Waals surface area contributed by atoms with Gasteiger partial charge in [-0.3, -0.25) is 9.69 Å². The zero-order valence-corrected chi connectivity index (χ0v) is 17.0. The smallest absolute Gasteiger partial charge is 0.411 e. The van der Waals surface area contributed by atoms with Gasteiger partial charge in [-0.25, -0.2) is 9.59 Å². The fraction of sp³-hybridized carbons (Fsp3) is 0.318. The minimum Gasteiger partial charge on any atom is -0.480 e. The third-order valence-electron chi connectivity index (χ3n) is 4.54. The van der Waals surface area contributed by atoms with Crippen molar-refractivity contribution in [2.45, 2.75) is 44.9 Å². The van der Waals surface area contributed by atoms with Crippen LogP contribution >= 0.6 is 0 Å². The number of benzene rings is 2. The molecule has 0 saturated heterocycles. The molecular formula is C22H24N2O6. The van der Waals surface area contributed by atoms with Crippen molar-refractivity contribution in [3.8, 4) is 11.5 Å². The molecule has 0 fully saturated rings. The molecule has 1 aliphatic heterocycles. The molecule has 2 aromatic carbocycles. The predicted molar refractivity (Wildman–Crippen MR) is 108 cm³/mol. The maximum absolute atomic E-state index is 13.3. The SMILES string of the molecule is CC(C)(C)OC(=O)N(C1c2ccccc2Oc2ccccc21)[C@@H](CC(N)=O)C(=O)O. The molecule has 1 atom stereocenters. The average molecular weight is 412 g/mol.